The second-order valence-corrected chi connectivity index (χ2v) is 7.12. The Labute approximate surface area is 131 Å². The molecular weight excluding hydrogens is 278 g/mol. The predicted octanol–water partition coefficient (Wildman–Crippen LogP) is 3.77. The SMILES string of the molecule is Cc1ccc(C(C)NC2CCN(c3ccncc3)CC2)s1. The minimum Gasteiger partial charge on any atom is -0.371 e. The van der Waals surface area contributed by atoms with E-state index >= 15 is 0 Å². The molecule has 1 aliphatic heterocycles. The van der Waals surface area contributed by atoms with Crippen molar-refractivity contribution in [3.8, 4) is 0 Å². The Morgan fingerprint density at radius 2 is 1.90 bits per heavy atom. The first kappa shape index (κ1) is 14.5. The maximum atomic E-state index is 4.09. The quantitative estimate of drug-likeness (QED) is 0.931. The lowest BCUT2D eigenvalue weighted by Gasteiger charge is -2.35. The maximum absolute atomic E-state index is 4.09. The fourth-order valence-corrected chi connectivity index (χ4v) is 3.87. The lowest BCUT2D eigenvalue weighted by Crippen LogP contribution is -2.43. The summed E-state index contributed by atoms with van der Waals surface area (Å²) in [6, 6.07) is 9.76. The number of thiophene rings is 1. The molecule has 0 spiro atoms. The second kappa shape index (κ2) is 6.58. The van der Waals surface area contributed by atoms with Gasteiger partial charge in [0.2, 0.25) is 0 Å². The summed E-state index contributed by atoms with van der Waals surface area (Å²) in [4.78, 5) is 9.39. The first-order valence-corrected chi connectivity index (χ1v) is 8.51. The van der Waals surface area contributed by atoms with Crippen molar-refractivity contribution in [1.82, 2.24) is 10.3 Å². The van der Waals surface area contributed by atoms with Crippen LogP contribution in [0.15, 0.2) is 36.7 Å². The highest BCUT2D eigenvalue weighted by Gasteiger charge is 2.21. The van der Waals surface area contributed by atoms with Crippen molar-refractivity contribution in [2.75, 3.05) is 18.0 Å². The third kappa shape index (κ3) is 3.63. The van der Waals surface area contributed by atoms with E-state index in [4.69, 9.17) is 0 Å². The molecule has 2 aromatic rings. The number of hydrogen-bond acceptors (Lipinski definition) is 4. The molecule has 3 heterocycles. The summed E-state index contributed by atoms with van der Waals surface area (Å²) < 4.78 is 0. The number of aryl methyl sites for hydroxylation is 1. The Hall–Kier alpha value is -1.39. The summed E-state index contributed by atoms with van der Waals surface area (Å²) in [6.07, 6.45) is 6.16. The number of nitrogens with one attached hydrogen (secondary N) is 1. The van der Waals surface area contributed by atoms with Crippen LogP contribution in [-0.2, 0) is 0 Å². The van der Waals surface area contributed by atoms with E-state index in [-0.39, 0.29) is 0 Å². The van der Waals surface area contributed by atoms with E-state index in [1.165, 1.54) is 28.3 Å². The van der Waals surface area contributed by atoms with Crippen molar-refractivity contribution in [2.45, 2.75) is 38.8 Å². The van der Waals surface area contributed by atoms with E-state index in [1.807, 2.05) is 23.7 Å². The molecule has 0 bridgehead atoms. The Balaban J connectivity index is 1.52. The third-order valence-corrected chi connectivity index (χ3v) is 5.38. The average molecular weight is 301 g/mol. The normalized spacial score (nSPS) is 17.9. The van der Waals surface area contributed by atoms with Crippen molar-refractivity contribution in [3.63, 3.8) is 0 Å². The van der Waals surface area contributed by atoms with Crippen LogP contribution in [-0.4, -0.2) is 24.1 Å². The number of pyridine rings is 1. The largest absolute Gasteiger partial charge is 0.371 e. The fraction of sp³-hybridized carbons (Fsp3) is 0.471. The number of rotatable bonds is 4. The predicted molar refractivity (Wildman–Crippen MR) is 90.1 cm³/mol. The van der Waals surface area contributed by atoms with Gasteiger partial charge in [0, 0.05) is 53.0 Å². The standard InChI is InChI=1S/C17H23N3S/c1-13-3-4-17(21-13)14(2)19-15-7-11-20(12-8-15)16-5-9-18-10-6-16/h3-6,9-10,14-15,19H,7-8,11-12H2,1-2H3. The molecule has 0 saturated carbocycles. The fourth-order valence-electron chi connectivity index (χ4n) is 2.98. The van der Waals surface area contributed by atoms with Gasteiger partial charge in [0.15, 0.2) is 0 Å². The highest BCUT2D eigenvalue weighted by Crippen LogP contribution is 2.25. The van der Waals surface area contributed by atoms with Gasteiger partial charge >= 0.3 is 0 Å². The molecule has 112 valence electrons. The van der Waals surface area contributed by atoms with Crippen molar-refractivity contribution in [3.05, 3.63) is 46.4 Å². The smallest absolute Gasteiger partial charge is 0.0397 e. The van der Waals surface area contributed by atoms with Crippen LogP contribution >= 0.6 is 11.3 Å². The van der Waals surface area contributed by atoms with Gasteiger partial charge in [-0.15, -0.1) is 11.3 Å². The van der Waals surface area contributed by atoms with Crippen LogP contribution in [0, 0.1) is 6.92 Å². The molecule has 3 rings (SSSR count). The Kier molecular flexibility index (Phi) is 4.56. The number of piperidine rings is 1. The van der Waals surface area contributed by atoms with Crippen molar-refractivity contribution in [2.24, 2.45) is 0 Å². The molecule has 1 saturated heterocycles. The highest BCUT2D eigenvalue weighted by atomic mass is 32.1. The van der Waals surface area contributed by atoms with E-state index in [0.717, 1.165) is 13.1 Å². The van der Waals surface area contributed by atoms with Gasteiger partial charge in [-0.2, -0.15) is 0 Å². The van der Waals surface area contributed by atoms with Crippen LogP contribution in [0.5, 0.6) is 0 Å². The summed E-state index contributed by atoms with van der Waals surface area (Å²) in [7, 11) is 0. The molecule has 2 aromatic heterocycles. The van der Waals surface area contributed by atoms with Gasteiger partial charge in [-0.3, -0.25) is 4.98 Å². The Morgan fingerprint density at radius 3 is 2.52 bits per heavy atom. The Morgan fingerprint density at radius 1 is 1.19 bits per heavy atom. The number of aromatic nitrogens is 1. The summed E-state index contributed by atoms with van der Waals surface area (Å²) in [6.45, 7) is 6.70. The first-order chi connectivity index (χ1) is 10.2. The van der Waals surface area contributed by atoms with Gasteiger partial charge in [0.05, 0.1) is 0 Å². The van der Waals surface area contributed by atoms with Crippen LogP contribution in [0.3, 0.4) is 0 Å². The molecule has 1 fully saturated rings. The minimum absolute atomic E-state index is 0.459. The van der Waals surface area contributed by atoms with Crippen molar-refractivity contribution < 1.29 is 0 Å². The molecule has 0 radical (unpaired) electrons. The lowest BCUT2D eigenvalue weighted by molar-refractivity contribution is 0.383. The summed E-state index contributed by atoms with van der Waals surface area (Å²) >= 11 is 1.90. The zero-order valence-corrected chi connectivity index (χ0v) is 13.6. The van der Waals surface area contributed by atoms with Crippen molar-refractivity contribution in [1.29, 1.82) is 0 Å². The number of hydrogen-bond donors (Lipinski definition) is 1. The van der Waals surface area contributed by atoms with Crippen LogP contribution in [0.25, 0.3) is 0 Å². The molecule has 4 heteroatoms. The lowest BCUT2D eigenvalue weighted by atomic mass is 10.0. The van der Waals surface area contributed by atoms with Crippen molar-refractivity contribution >= 4 is 17.0 Å². The van der Waals surface area contributed by atoms with E-state index in [9.17, 15) is 0 Å². The van der Waals surface area contributed by atoms with E-state index in [1.54, 1.807) is 0 Å². The second-order valence-electron chi connectivity index (χ2n) is 5.80. The number of anilines is 1. The minimum atomic E-state index is 0.459. The molecular formula is C17H23N3S. The van der Waals surface area contributed by atoms with Gasteiger partial charge in [0.1, 0.15) is 0 Å². The monoisotopic (exact) mass is 301 g/mol. The average Bonchev–Trinajstić information content (AvgIpc) is 2.96. The summed E-state index contributed by atoms with van der Waals surface area (Å²) in [5, 5.41) is 3.79. The third-order valence-electron chi connectivity index (χ3n) is 4.20. The van der Waals surface area contributed by atoms with Crippen LogP contribution in [0.2, 0.25) is 0 Å². The topological polar surface area (TPSA) is 28.2 Å². The van der Waals surface area contributed by atoms with Gasteiger partial charge in [0.25, 0.3) is 0 Å². The van der Waals surface area contributed by atoms with Gasteiger partial charge < -0.3 is 10.2 Å². The molecule has 1 unspecified atom stereocenters. The Bertz CT molecular complexity index is 558. The maximum Gasteiger partial charge on any atom is 0.0397 e. The van der Waals surface area contributed by atoms with Crippen LogP contribution in [0.4, 0.5) is 5.69 Å². The summed E-state index contributed by atoms with van der Waals surface area (Å²) in [5.74, 6) is 0. The van der Waals surface area contributed by atoms with E-state index in [2.05, 4.69) is 53.3 Å². The molecule has 0 amide bonds. The molecule has 1 N–H and O–H groups in total. The van der Waals surface area contributed by atoms with Gasteiger partial charge in [-0.25, -0.2) is 0 Å². The van der Waals surface area contributed by atoms with Crippen LogP contribution in [0.1, 0.15) is 35.6 Å². The van der Waals surface area contributed by atoms with Gasteiger partial charge in [-0.05, 0) is 51.0 Å². The molecule has 1 aliphatic rings. The zero-order valence-electron chi connectivity index (χ0n) is 12.7. The van der Waals surface area contributed by atoms with E-state index in [0.29, 0.717) is 12.1 Å². The van der Waals surface area contributed by atoms with E-state index < -0.39 is 0 Å². The molecule has 0 aromatic carbocycles. The van der Waals surface area contributed by atoms with Gasteiger partial charge in [-0.1, -0.05) is 0 Å². The molecule has 3 nitrogen and oxygen atoms in total. The molecule has 0 aliphatic carbocycles. The van der Waals surface area contributed by atoms with Crippen LogP contribution < -0.4 is 10.2 Å². The zero-order chi connectivity index (χ0) is 14.7. The summed E-state index contributed by atoms with van der Waals surface area (Å²) in [5.41, 5.74) is 1.30. The first-order valence-electron chi connectivity index (χ1n) is 7.70. The highest BCUT2D eigenvalue weighted by molar-refractivity contribution is 7.12. The molecule has 1 atom stereocenters. The molecule has 21 heavy (non-hydrogen) atoms. The number of nitrogens with zero attached hydrogens (tertiary/aromatic N) is 2.